The van der Waals surface area contributed by atoms with Gasteiger partial charge in [0.2, 0.25) is 5.88 Å². The highest BCUT2D eigenvalue weighted by molar-refractivity contribution is 5.68. The Kier molecular flexibility index (Phi) is 5.42. The summed E-state index contributed by atoms with van der Waals surface area (Å²) in [5, 5.41) is 0. The number of aromatic nitrogens is 1. The van der Waals surface area contributed by atoms with Crippen molar-refractivity contribution in [2.24, 2.45) is 7.05 Å². The first-order valence-corrected chi connectivity index (χ1v) is 6.22. The average molecular weight is 285 g/mol. The van der Waals surface area contributed by atoms with Gasteiger partial charge in [-0.15, -0.1) is 0 Å². The Morgan fingerprint density at radius 2 is 1.55 bits per heavy atom. The molecule has 0 aliphatic carbocycles. The Bertz CT molecular complexity index is 505. The maximum atomic E-state index is 11.3. The Labute approximate surface area is 117 Å². The summed E-state index contributed by atoms with van der Waals surface area (Å²) in [6.07, 6.45) is -0.524. The minimum absolute atomic E-state index is 0.301. The molecule has 112 valence electrons. The lowest BCUT2D eigenvalue weighted by Crippen LogP contribution is -2.11. The van der Waals surface area contributed by atoms with Crippen molar-refractivity contribution in [3.05, 3.63) is 11.3 Å². The summed E-state index contributed by atoms with van der Waals surface area (Å²) in [5.41, 5.74) is 1.34. The first kappa shape index (κ1) is 15.9. The zero-order chi connectivity index (χ0) is 15.3. The highest BCUT2D eigenvalue weighted by Gasteiger charge is 2.25. The highest BCUT2D eigenvalue weighted by atomic mass is 16.7. The molecular weight excluding hydrogens is 266 g/mol. The van der Waals surface area contributed by atoms with E-state index >= 15 is 0 Å². The molecule has 0 aliphatic rings. The number of nitrogens with zero attached hydrogens (tertiary/aromatic N) is 1. The maximum Gasteiger partial charge on any atom is 0.514 e. The zero-order valence-corrected chi connectivity index (χ0v) is 12.3. The van der Waals surface area contributed by atoms with Crippen molar-refractivity contribution in [1.29, 1.82) is 0 Å². The Morgan fingerprint density at radius 3 is 2.00 bits per heavy atom. The van der Waals surface area contributed by atoms with E-state index in [1.54, 1.807) is 11.6 Å². The van der Waals surface area contributed by atoms with Crippen molar-refractivity contribution in [2.75, 3.05) is 14.2 Å². The van der Waals surface area contributed by atoms with Crippen molar-refractivity contribution in [2.45, 2.75) is 26.7 Å². The molecular formula is C13H19NO6. The highest BCUT2D eigenvalue weighted by Crippen LogP contribution is 2.36. The van der Waals surface area contributed by atoms with Crippen LogP contribution in [-0.2, 0) is 29.4 Å². The second-order valence-electron chi connectivity index (χ2n) is 3.94. The van der Waals surface area contributed by atoms with E-state index in [0.29, 0.717) is 30.0 Å². The van der Waals surface area contributed by atoms with Crippen LogP contribution in [0.5, 0.6) is 11.6 Å². The standard InChI is InChI=1S/C13H19NO6/c1-6-8-10(19-12(15)17-4)9(7-2)14(3)11(8)20-13(16)18-5/h6-7H2,1-5H3. The van der Waals surface area contributed by atoms with Crippen molar-refractivity contribution in [1.82, 2.24) is 4.57 Å². The molecule has 0 saturated heterocycles. The molecule has 7 heteroatoms. The van der Waals surface area contributed by atoms with Crippen LogP contribution in [0, 0.1) is 0 Å². The second kappa shape index (κ2) is 6.83. The third-order valence-electron chi connectivity index (χ3n) is 2.89. The van der Waals surface area contributed by atoms with E-state index in [9.17, 15) is 9.59 Å². The third kappa shape index (κ3) is 3.04. The summed E-state index contributed by atoms with van der Waals surface area (Å²) in [4.78, 5) is 22.6. The molecule has 1 rings (SSSR count). The van der Waals surface area contributed by atoms with Crippen molar-refractivity contribution >= 4 is 12.3 Å². The van der Waals surface area contributed by atoms with Crippen LogP contribution in [0.4, 0.5) is 9.59 Å². The van der Waals surface area contributed by atoms with Gasteiger partial charge in [-0.25, -0.2) is 9.59 Å². The van der Waals surface area contributed by atoms with Crippen LogP contribution >= 0.6 is 0 Å². The van der Waals surface area contributed by atoms with E-state index in [1.807, 2.05) is 13.8 Å². The fourth-order valence-electron chi connectivity index (χ4n) is 1.95. The number of ether oxygens (including phenoxy) is 4. The SMILES string of the molecule is CCc1c(OC(=O)OC)c(CC)n(C)c1OC(=O)OC. The molecule has 0 amide bonds. The zero-order valence-electron chi connectivity index (χ0n) is 12.3. The van der Waals surface area contributed by atoms with Crippen LogP contribution in [0.3, 0.4) is 0 Å². The van der Waals surface area contributed by atoms with E-state index in [1.165, 1.54) is 14.2 Å². The van der Waals surface area contributed by atoms with Gasteiger partial charge in [0, 0.05) is 7.05 Å². The second-order valence-corrected chi connectivity index (χ2v) is 3.94. The van der Waals surface area contributed by atoms with Crippen LogP contribution in [0.25, 0.3) is 0 Å². The van der Waals surface area contributed by atoms with Gasteiger partial charge in [0.15, 0.2) is 5.75 Å². The number of methoxy groups -OCH3 is 2. The summed E-state index contributed by atoms with van der Waals surface area (Å²) in [6, 6.07) is 0. The summed E-state index contributed by atoms with van der Waals surface area (Å²) in [6.45, 7) is 3.77. The lowest BCUT2D eigenvalue weighted by molar-refractivity contribution is 0.118. The van der Waals surface area contributed by atoms with Gasteiger partial charge in [-0.1, -0.05) is 13.8 Å². The van der Waals surface area contributed by atoms with Gasteiger partial charge in [-0.3, -0.25) is 0 Å². The Hall–Kier alpha value is -2.18. The van der Waals surface area contributed by atoms with E-state index in [4.69, 9.17) is 9.47 Å². The van der Waals surface area contributed by atoms with Gasteiger partial charge in [0.1, 0.15) is 0 Å². The van der Waals surface area contributed by atoms with E-state index in [-0.39, 0.29) is 0 Å². The van der Waals surface area contributed by atoms with Gasteiger partial charge in [0.25, 0.3) is 0 Å². The Morgan fingerprint density at radius 1 is 1.00 bits per heavy atom. The smallest absolute Gasteiger partial charge is 0.437 e. The minimum atomic E-state index is -0.826. The number of rotatable bonds is 4. The molecule has 1 aromatic rings. The van der Waals surface area contributed by atoms with Gasteiger partial charge < -0.3 is 23.5 Å². The molecule has 0 aliphatic heterocycles. The summed E-state index contributed by atoms with van der Waals surface area (Å²) in [7, 11) is 4.18. The van der Waals surface area contributed by atoms with Gasteiger partial charge in [-0.05, 0) is 12.8 Å². The van der Waals surface area contributed by atoms with Crippen LogP contribution in [0.15, 0.2) is 0 Å². The molecule has 20 heavy (non-hydrogen) atoms. The fourth-order valence-corrected chi connectivity index (χ4v) is 1.95. The van der Waals surface area contributed by atoms with Crippen LogP contribution in [-0.4, -0.2) is 31.1 Å². The summed E-state index contributed by atoms with van der Waals surface area (Å²) >= 11 is 0. The first-order valence-electron chi connectivity index (χ1n) is 6.22. The lowest BCUT2D eigenvalue weighted by atomic mass is 10.2. The average Bonchev–Trinajstić information content (AvgIpc) is 2.69. The molecule has 0 unspecified atom stereocenters. The maximum absolute atomic E-state index is 11.3. The molecule has 0 bridgehead atoms. The topological polar surface area (TPSA) is 76.0 Å². The van der Waals surface area contributed by atoms with Crippen LogP contribution < -0.4 is 9.47 Å². The minimum Gasteiger partial charge on any atom is -0.437 e. The van der Waals surface area contributed by atoms with Crippen molar-refractivity contribution in [3.8, 4) is 11.6 Å². The van der Waals surface area contributed by atoms with Gasteiger partial charge in [0.05, 0.1) is 25.5 Å². The molecule has 1 aromatic heterocycles. The van der Waals surface area contributed by atoms with Crippen LogP contribution in [0.2, 0.25) is 0 Å². The third-order valence-corrected chi connectivity index (χ3v) is 2.89. The first-order chi connectivity index (χ1) is 9.49. The monoisotopic (exact) mass is 285 g/mol. The molecule has 0 fully saturated rings. The molecule has 0 saturated carbocycles. The quantitative estimate of drug-likeness (QED) is 0.791. The van der Waals surface area contributed by atoms with E-state index in [0.717, 1.165) is 5.69 Å². The predicted octanol–water partition coefficient (Wildman–Crippen LogP) is 2.44. The Balaban J connectivity index is 3.30. The number of hydrogen-bond acceptors (Lipinski definition) is 6. The van der Waals surface area contributed by atoms with Gasteiger partial charge >= 0.3 is 12.3 Å². The summed E-state index contributed by atoms with van der Waals surface area (Å²) < 4.78 is 20.9. The van der Waals surface area contributed by atoms with Crippen molar-refractivity contribution < 1.29 is 28.5 Å². The van der Waals surface area contributed by atoms with Crippen molar-refractivity contribution in [3.63, 3.8) is 0 Å². The number of carbonyl (C=O) groups is 2. The largest absolute Gasteiger partial charge is 0.514 e. The molecule has 7 nitrogen and oxygen atoms in total. The fraction of sp³-hybridized carbons (Fsp3) is 0.538. The normalized spacial score (nSPS) is 10.1. The van der Waals surface area contributed by atoms with Crippen LogP contribution in [0.1, 0.15) is 25.1 Å². The lowest BCUT2D eigenvalue weighted by Gasteiger charge is -2.06. The molecule has 0 spiro atoms. The molecule has 0 N–H and O–H groups in total. The number of hydrogen-bond donors (Lipinski definition) is 0. The molecule has 0 atom stereocenters. The van der Waals surface area contributed by atoms with Gasteiger partial charge in [-0.2, -0.15) is 0 Å². The molecule has 1 heterocycles. The van der Waals surface area contributed by atoms with E-state index < -0.39 is 12.3 Å². The number of carbonyl (C=O) groups excluding carboxylic acids is 2. The summed E-state index contributed by atoms with van der Waals surface area (Å²) in [5.74, 6) is 0.665. The molecule has 0 radical (unpaired) electrons. The predicted molar refractivity (Wildman–Crippen MR) is 70.2 cm³/mol. The van der Waals surface area contributed by atoms with E-state index in [2.05, 4.69) is 9.47 Å². The molecule has 0 aromatic carbocycles.